The first-order valence-electron chi connectivity index (χ1n) is 5.53. The largest absolute Gasteiger partial charge is 0.465 e. The summed E-state index contributed by atoms with van der Waals surface area (Å²) in [4.78, 5) is 23.5. The Bertz CT molecular complexity index is 574. The van der Waals surface area contributed by atoms with Gasteiger partial charge in [0.05, 0.1) is 36.8 Å². The molecule has 0 aliphatic heterocycles. The van der Waals surface area contributed by atoms with Crippen molar-refractivity contribution in [3.8, 4) is 0 Å². The minimum atomic E-state index is -0.495. The number of pyridine rings is 1. The Hall–Kier alpha value is -2.70. The molecule has 0 saturated heterocycles. The lowest BCUT2D eigenvalue weighted by atomic mass is 10.2. The van der Waals surface area contributed by atoms with Crippen LogP contribution in [0, 0.1) is 0 Å². The van der Waals surface area contributed by atoms with Crippen LogP contribution in [0.1, 0.15) is 16.1 Å². The number of hydrogen-bond donors (Lipinski definition) is 2. The van der Waals surface area contributed by atoms with E-state index in [9.17, 15) is 4.79 Å². The number of aromatic nitrogens is 3. The number of ether oxygens (including phenoxy) is 1. The number of nitrogens with zero attached hydrogens (tertiary/aromatic N) is 3. The first-order chi connectivity index (χ1) is 9.20. The molecule has 2 heterocycles. The number of rotatable bonds is 4. The molecule has 2 rings (SSSR count). The molecule has 0 aliphatic rings. The summed E-state index contributed by atoms with van der Waals surface area (Å²) in [5.41, 5.74) is 7.03. The van der Waals surface area contributed by atoms with E-state index in [1.807, 2.05) is 0 Å². The molecule has 0 spiro atoms. The summed E-state index contributed by atoms with van der Waals surface area (Å²) in [5, 5.41) is 3.04. The Kier molecular flexibility index (Phi) is 3.87. The van der Waals surface area contributed by atoms with E-state index in [-0.39, 0.29) is 11.3 Å². The van der Waals surface area contributed by atoms with E-state index in [4.69, 9.17) is 5.73 Å². The predicted molar refractivity (Wildman–Crippen MR) is 69.3 cm³/mol. The lowest BCUT2D eigenvalue weighted by molar-refractivity contribution is 0.0602. The number of nitrogen functional groups attached to an aromatic ring is 1. The molecule has 19 heavy (non-hydrogen) atoms. The Morgan fingerprint density at radius 2 is 2.32 bits per heavy atom. The summed E-state index contributed by atoms with van der Waals surface area (Å²) in [6.07, 6.45) is 4.53. The van der Waals surface area contributed by atoms with Gasteiger partial charge in [-0.2, -0.15) is 0 Å². The van der Waals surface area contributed by atoms with Gasteiger partial charge in [-0.1, -0.05) is 0 Å². The number of carbonyl (C=O) groups excluding carboxylic acids is 1. The Labute approximate surface area is 109 Å². The summed E-state index contributed by atoms with van der Waals surface area (Å²) >= 11 is 0. The second kappa shape index (κ2) is 5.76. The van der Waals surface area contributed by atoms with Crippen LogP contribution in [0.2, 0.25) is 0 Å². The molecule has 0 aromatic carbocycles. The molecule has 2 aromatic heterocycles. The van der Waals surface area contributed by atoms with Gasteiger partial charge < -0.3 is 15.8 Å². The van der Waals surface area contributed by atoms with Crippen LogP contribution in [-0.2, 0) is 11.3 Å². The first kappa shape index (κ1) is 12.7. The number of anilines is 2. The molecule has 0 saturated carbocycles. The molecule has 7 nitrogen and oxygen atoms in total. The van der Waals surface area contributed by atoms with Gasteiger partial charge in [-0.05, 0) is 12.1 Å². The molecule has 98 valence electrons. The summed E-state index contributed by atoms with van der Waals surface area (Å²) < 4.78 is 4.64. The minimum absolute atomic E-state index is 0.277. The van der Waals surface area contributed by atoms with Gasteiger partial charge in [-0.15, -0.1) is 0 Å². The van der Waals surface area contributed by atoms with Crippen molar-refractivity contribution in [1.29, 1.82) is 0 Å². The zero-order valence-corrected chi connectivity index (χ0v) is 10.3. The second-order valence-corrected chi connectivity index (χ2v) is 3.70. The van der Waals surface area contributed by atoms with Crippen molar-refractivity contribution in [2.75, 3.05) is 18.2 Å². The first-order valence-corrected chi connectivity index (χ1v) is 5.53. The molecule has 0 atom stereocenters. The van der Waals surface area contributed by atoms with Crippen LogP contribution in [0.3, 0.4) is 0 Å². The van der Waals surface area contributed by atoms with Crippen molar-refractivity contribution >= 4 is 17.5 Å². The molecule has 7 heteroatoms. The minimum Gasteiger partial charge on any atom is -0.465 e. The van der Waals surface area contributed by atoms with Gasteiger partial charge in [0, 0.05) is 6.20 Å². The zero-order chi connectivity index (χ0) is 13.7. The third kappa shape index (κ3) is 3.15. The smallest absolute Gasteiger partial charge is 0.340 e. The highest BCUT2D eigenvalue weighted by molar-refractivity contribution is 5.95. The Balaban J connectivity index is 2.11. The highest BCUT2D eigenvalue weighted by atomic mass is 16.5. The van der Waals surface area contributed by atoms with E-state index in [1.165, 1.54) is 19.6 Å². The maximum Gasteiger partial charge on any atom is 0.340 e. The molecule has 0 unspecified atom stereocenters. The third-order valence-corrected chi connectivity index (χ3v) is 2.43. The van der Waals surface area contributed by atoms with E-state index >= 15 is 0 Å². The highest BCUT2D eigenvalue weighted by Gasteiger charge is 2.11. The van der Waals surface area contributed by atoms with Crippen molar-refractivity contribution < 1.29 is 9.53 Å². The number of carbonyl (C=O) groups is 1. The number of methoxy groups -OCH3 is 1. The van der Waals surface area contributed by atoms with Crippen LogP contribution < -0.4 is 11.1 Å². The van der Waals surface area contributed by atoms with E-state index in [2.05, 4.69) is 25.0 Å². The van der Waals surface area contributed by atoms with Crippen LogP contribution in [0.25, 0.3) is 0 Å². The summed E-state index contributed by atoms with van der Waals surface area (Å²) in [7, 11) is 1.30. The normalized spacial score (nSPS) is 9.95. The number of nitrogens with two attached hydrogens (primary N) is 1. The van der Waals surface area contributed by atoms with Gasteiger partial charge in [0.1, 0.15) is 12.1 Å². The summed E-state index contributed by atoms with van der Waals surface area (Å²) in [6, 6.07) is 3.33. The van der Waals surface area contributed by atoms with Crippen LogP contribution in [0.15, 0.2) is 30.9 Å². The van der Waals surface area contributed by atoms with Gasteiger partial charge in [0.25, 0.3) is 0 Å². The molecule has 0 radical (unpaired) electrons. The molecule has 2 aromatic rings. The maximum absolute atomic E-state index is 11.5. The predicted octanol–water partition coefficient (Wildman–Crippen LogP) is 0.852. The number of esters is 1. The molecule has 0 amide bonds. The summed E-state index contributed by atoms with van der Waals surface area (Å²) in [6.45, 7) is 0.472. The third-order valence-electron chi connectivity index (χ3n) is 2.43. The van der Waals surface area contributed by atoms with Crippen molar-refractivity contribution in [3.63, 3.8) is 0 Å². The fourth-order valence-corrected chi connectivity index (χ4v) is 1.45. The molecule has 3 N–H and O–H groups in total. The van der Waals surface area contributed by atoms with E-state index in [0.29, 0.717) is 12.4 Å². The number of nitrogens with one attached hydrogen (secondary N) is 1. The summed E-state index contributed by atoms with van der Waals surface area (Å²) in [5.74, 6) is 0.0261. The molecule has 0 fully saturated rings. The van der Waals surface area contributed by atoms with Gasteiger partial charge in [-0.3, -0.25) is 0 Å². The van der Waals surface area contributed by atoms with Crippen molar-refractivity contribution in [2.24, 2.45) is 0 Å². The standard InChI is InChI=1S/C12H13N5O2/c1-19-12(18)9-4-11(16-6-10(9)13)15-5-8-2-3-14-7-17-8/h2-4,6-7H,5,13H2,1H3,(H,15,16). The van der Waals surface area contributed by atoms with E-state index in [0.717, 1.165) is 5.69 Å². The average molecular weight is 259 g/mol. The Morgan fingerprint density at radius 3 is 3.00 bits per heavy atom. The van der Waals surface area contributed by atoms with Crippen molar-refractivity contribution in [3.05, 3.63) is 42.1 Å². The molecular weight excluding hydrogens is 246 g/mol. The highest BCUT2D eigenvalue weighted by Crippen LogP contribution is 2.16. The van der Waals surface area contributed by atoms with Gasteiger partial charge in [-0.25, -0.2) is 19.7 Å². The monoisotopic (exact) mass is 259 g/mol. The van der Waals surface area contributed by atoms with Crippen LogP contribution >= 0.6 is 0 Å². The molecule has 0 aliphatic carbocycles. The van der Waals surface area contributed by atoms with Gasteiger partial charge in [0.15, 0.2) is 0 Å². The van der Waals surface area contributed by atoms with Gasteiger partial charge in [0.2, 0.25) is 0 Å². The SMILES string of the molecule is COC(=O)c1cc(NCc2ccncn2)ncc1N. The topological polar surface area (TPSA) is 103 Å². The van der Waals surface area contributed by atoms with Crippen LogP contribution in [0.4, 0.5) is 11.5 Å². The zero-order valence-electron chi connectivity index (χ0n) is 10.3. The van der Waals surface area contributed by atoms with E-state index < -0.39 is 5.97 Å². The number of hydrogen-bond acceptors (Lipinski definition) is 7. The van der Waals surface area contributed by atoms with Crippen molar-refractivity contribution in [1.82, 2.24) is 15.0 Å². The lowest BCUT2D eigenvalue weighted by Gasteiger charge is -2.08. The van der Waals surface area contributed by atoms with Crippen molar-refractivity contribution in [2.45, 2.75) is 6.54 Å². The Morgan fingerprint density at radius 1 is 1.47 bits per heavy atom. The fraction of sp³-hybridized carbons (Fsp3) is 0.167. The van der Waals surface area contributed by atoms with Crippen LogP contribution in [-0.4, -0.2) is 28.0 Å². The van der Waals surface area contributed by atoms with E-state index in [1.54, 1.807) is 18.3 Å². The quantitative estimate of drug-likeness (QED) is 0.784. The molecular formula is C12H13N5O2. The van der Waals surface area contributed by atoms with Crippen LogP contribution in [0.5, 0.6) is 0 Å². The second-order valence-electron chi connectivity index (χ2n) is 3.70. The fourth-order valence-electron chi connectivity index (χ4n) is 1.45. The lowest BCUT2D eigenvalue weighted by Crippen LogP contribution is -2.09. The maximum atomic E-state index is 11.5. The average Bonchev–Trinajstić information content (AvgIpc) is 2.46. The molecule has 0 bridgehead atoms. The van der Waals surface area contributed by atoms with Gasteiger partial charge >= 0.3 is 5.97 Å².